The van der Waals surface area contributed by atoms with Crippen molar-refractivity contribution in [2.75, 3.05) is 0 Å². The number of aliphatic carboxylic acids is 1. The molecule has 0 heterocycles. The van der Waals surface area contributed by atoms with Crippen molar-refractivity contribution in [1.82, 2.24) is 0 Å². The fraction of sp³-hybridized carbons (Fsp3) is 0.300. The van der Waals surface area contributed by atoms with Crippen LogP contribution in [0.2, 0.25) is 0 Å². The molecule has 3 heteroatoms. The van der Waals surface area contributed by atoms with Crippen LogP contribution in [0.3, 0.4) is 0 Å². The molecule has 2 rings (SSSR count). The van der Waals surface area contributed by atoms with Crippen LogP contribution in [0, 0.1) is 0 Å². The maximum Gasteiger partial charge on any atom is 0.312 e. The number of carboxylic acids is 1. The average Bonchev–Trinajstić information content (AvgIpc) is 2.39. The van der Waals surface area contributed by atoms with Crippen LogP contribution in [0.5, 0.6) is 0 Å². The molecule has 3 nitrogen and oxygen atoms in total. The lowest BCUT2D eigenvalue weighted by Gasteiger charge is -2.10. The first-order valence-corrected chi connectivity index (χ1v) is 4.26. The van der Waals surface area contributed by atoms with Crippen LogP contribution in [0.1, 0.15) is 17.0 Å². The molecular weight excluding hydrogens is 166 g/mol. The molecule has 68 valence electrons. The Balaban J connectivity index is 2.46. The van der Waals surface area contributed by atoms with E-state index in [4.69, 9.17) is 10.8 Å². The van der Waals surface area contributed by atoms with E-state index in [0.717, 1.165) is 11.1 Å². The highest BCUT2D eigenvalue weighted by Gasteiger charge is 2.34. The van der Waals surface area contributed by atoms with E-state index in [1.54, 1.807) is 0 Å². The summed E-state index contributed by atoms with van der Waals surface area (Å²) in [5.74, 6) is -1.34. The summed E-state index contributed by atoms with van der Waals surface area (Å²) >= 11 is 0. The third-order valence-corrected chi connectivity index (χ3v) is 2.54. The quantitative estimate of drug-likeness (QED) is 0.665. The van der Waals surface area contributed by atoms with Crippen LogP contribution in [-0.4, -0.2) is 17.1 Å². The second kappa shape index (κ2) is 2.85. The van der Waals surface area contributed by atoms with Crippen LogP contribution >= 0.6 is 0 Å². The lowest BCUT2D eigenvalue weighted by molar-refractivity contribution is -0.139. The highest BCUT2D eigenvalue weighted by molar-refractivity contribution is 5.79. The van der Waals surface area contributed by atoms with Gasteiger partial charge < -0.3 is 10.8 Å². The number of benzene rings is 1. The monoisotopic (exact) mass is 177 g/mol. The van der Waals surface area contributed by atoms with Crippen molar-refractivity contribution in [2.24, 2.45) is 5.73 Å². The van der Waals surface area contributed by atoms with Crippen molar-refractivity contribution in [3.05, 3.63) is 35.4 Å². The summed E-state index contributed by atoms with van der Waals surface area (Å²) < 4.78 is 0. The maximum absolute atomic E-state index is 10.9. The molecule has 0 radical (unpaired) electrons. The summed E-state index contributed by atoms with van der Waals surface area (Å²) in [6.45, 7) is 0. The van der Waals surface area contributed by atoms with E-state index in [0.29, 0.717) is 6.42 Å². The van der Waals surface area contributed by atoms with Gasteiger partial charge in [-0.1, -0.05) is 24.3 Å². The van der Waals surface area contributed by atoms with E-state index >= 15 is 0 Å². The third-order valence-electron chi connectivity index (χ3n) is 2.54. The highest BCUT2D eigenvalue weighted by Crippen LogP contribution is 2.31. The minimum Gasteiger partial charge on any atom is -0.481 e. The first kappa shape index (κ1) is 8.26. The molecule has 1 aliphatic rings. The molecular formula is C10H11NO2. The SMILES string of the molecule is N[C@@H]1Cc2ccccc2[C@H]1C(=O)O. The summed E-state index contributed by atoms with van der Waals surface area (Å²) in [6, 6.07) is 7.29. The van der Waals surface area contributed by atoms with Crippen molar-refractivity contribution in [2.45, 2.75) is 18.4 Å². The summed E-state index contributed by atoms with van der Waals surface area (Å²) in [6.07, 6.45) is 0.674. The Morgan fingerprint density at radius 1 is 1.46 bits per heavy atom. The van der Waals surface area contributed by atoms with E-state index in [1.165, 1.54) is 0 Å². The highest BCUT2D eigenvalue weighted by atomic mass is 16.4. The molecule has 1 aromatic rings. The Kier molecular flexibility index (Phi) is 1.81. The van der Waals surface area contributed by atoms with Crippen molar-refractivity contribution < 1.29 is 9.90 Å². The molecule has 13 heavy (non-hydrogen) atoms. The molecule has 0 saturated heterocycles. The molecule has 0 fully saturated rings. The van der Waals surface area contributed by atoms with E-state index in [1.807, 2.05) is 24.3 Å². The largest absolute Gasteiger partial charge is 0.481 e. The smallest absolute Gasteiger partial charge is 0.312 e. The molecule has 0 unspecified atom stereocenters. The molecule has 1 aromatic carbocycles. The Bertz CT molecular complexity index is 349. The lowest BCUT2D eigenvalue weighted by Crippen LogP contribution is -2.30. The number of rotatable bonds is 1. The molecule has 2 atom stereocenters. The molecule has 1 aliphatic carbocycles. The molecule has 0 amide bonds. The maximum atomic E-state index is 10.9. The standard InChI is InChI=1S/C10H11NO2/c11-8-5-6-3-1-2-4-7(6)9(8)10(12)13/h1-4,8-9H,5,11H2,(H,12,13)/t8-,9-/m1/s1. The first-order chi connectivity index (χ1) is 6.20. The summed E-state index contributed by atoms with van der Waals surface area (Å²) in [4.78, 5) is 10.9. The number of fused-ring (bicyclic) bond motifs is 1. The van der Waals surface area contributed by atoms with Gasteiger partial charge in [-0.25, -0.2) is 0 Å². The third kappa shape index (κ3) is 1.21. The van der Waals surface area contributed by atoms with Gasteiger partial charge in [0.2, 0.25) is 0 Å². The minimum atomic E-state index is -0.822. The van der Waals surface area contributed by atoms with Crippen LogP contribution in [0.4, 0.5) is 0 Å². The topological polar surface area (TPSA) is 63.3 Å². The van der Waals surface area contributed by atoms with Crippen molar-refractivity contribution in [1.29, 1.82) is 0 Å². The minimum absolute atomic E-state index is 0.269. The second-order valence-corrected chi connectivity index (χ2v) is 3.38. The molecule has 0 aromatic heterocycles. The van der Waals surface area contributed by atoms with Gasteiger partial charge >= 0.3 is 5.97 Å². The van der Waals surface area contributed by atoms with E-state index < -0.39 is 11.9 Å². The van der Waals surface area contributed by atoms with E-state index in [2.05, 4.69) is 0 Å². The Morgan fingerprint density at radius 2 is 2.15 bits per heavy atom. The average molecular weight is 177 g/mol. The number of carbonyl (C=O) groups is 1. The van der Waals surface area contributed by atoms with Crippen molar-refractivity contribution >= 4 is 5.97 Å². The van der Waals surface area contributed by atoms with Gasteiger partial charge in [0.25, 0.3) is 0 Å². The summed E-state index contributed by atoms with van der Waals surface area (Å²) in [5, 5.41) is 8.95. The Labute approximate surface area is 76.2 Å². The Morgan fingerprint density at radius 3 is 2.85 bits per heavy atom. The molecule has 3 N–H and O–H groups in total. The van der Waals surface area contributed by atoms with Gasteiger partial charge in [-0.3, -0.25) is 4.79 Å². The predicted molar refractivity (Wildman–Crippen MR) is 48.5 cm³/mol. The zero-order chi connectivity index (χ0) is 9.42. The van der Waals surface area contributed by atoms with Gasteiger partial charge in [-0.2, -0.15) is 0 Å². The van der Waals surface area contributed by atoms with Crippen LogP contribution < -0.4 is 5.73 Å². The van der Waals surface area contributed by atoms with Crippen LogP contribution in [0.15, 0.2) is 24.3 Å². The number of nitrogens with two attached hydrogens (primary N) is 1. The lowest BCUT2D eigenvalue weighted by atomic mass is 9.99. The number of carboxylic acid groups (broad SMARTS) is 1. The molecule has 0 aliphatic heterocycles. The zero-order valence-electron chi connectivity index (χ0n) is 7.10. The first-order valence-electron chi connectivity index (χ1n) is 4.26. The van der Waals surface area contributed by atoms with Crippen LogP contribution in [0.25, 0.3) is 0 Å². The predicted octanol–water partition coefficient (Wildman–Crippen LogP) is 0.738. The fourth-order valence-corrected chi connectivity index (χ4v) is 1.94. The second-order valence-electron chi connectivity index (χ2n) is 3.38. The fourth-order valence-electron chi connectivity index (χ4n) is 1.94. The van der Waals surface area contributed by atoms with Gasteiger partial charge in [-0.15, -0.1) is 0 Å². The Hall–Kier alpha value is -1.35. The van der Waals surface area contributed by atoms with Gasteiger partial charge in [0, 0.05) is 6.04 Å². The van der Waals surface area contributed by atoms with Gasteiger partial charge in [-0.05, 0) is 17.5 Å². The van der Waals surface area contributed by atoms with Crippen molar-refractivity contribution in [3.63, 3.8) is 0 Å². The normalized spacial score (nSPS) is 25.6. The number of hydrogen-bond acceptors (Lipinski definition) is 2. The molecule has 0 spiro atoms. The molecule has 0 bridgehead atoms. The van der Waals surface area contributed by atoms with Crippen molar-refractivity contribution in [3.8, 4) is 0 Å². The molecule has 0 saturated carbocycles. The van der Waals surface area contributed by atoms with E-state index in [-0.39, 0.29) is 6.04 Å². The van der Waals surface area contributed by atoms with Gasteiger partial charge in [0.05, 0.1) is 5.92 Å². The zero-order valence-corrected chi connectivity index (χ0v) is 7.10. The number of hydrogen-bond donors (Lipinski definition) is 2. The van der Waals surface area contributed by atoms with Crippen LogP contribution in [-0.2, 0) is 11.2 Å². The summed E-state index contributed by atoms with van der Waals surface area (Å²) in [7, 11) is 0. The summed E-state index contributed by atoms with van der Waals surface area (Å²) in [5.41, 5.74) is 7.70. The van der Waals surface area contributed by atoms with Gasteiger partial charge in [0.1, 0.15) is 0 Å². The van der Waals surface area contributed by atoms with Gasteiger partial charge in [0.15, 0.2) is 0 Å². The van der Waals surface area contributed by atoms with E-state index in [9.17, 15) is 4.79 Å².